The molecular weight excluding hydrogens is 506 g/mol. The predicted octanol–water partition coefficient (Wildman–Crippen LogP) is 3.94. The molecule has 3 aromatic rings. The summed E-state index contributed by atoms with van der Waals surface area (Å²) in [7, 11) is -2.94. The Morgan fingerprint density at radius 2 is 1.86 bits per heavy atom. The van der Waals surface area contributed by atoms with E-state index in [4.69, 9.17) is 0 Å². The Kier molecular flexibility index (Phi) is 6.48. The van der Waals surface area contributed by atoms with Crippen LogP contribution in [0.4, 0.5) is 19.0 Å². The molecule has 1 aliphatic carbocycles. The summed E-state index contributed by atoms with van der Waals surface area (Å²) in [4.78, 5) is 27.3. The lowest BCUT2D eigenvalue weighted by molar-refractivity contribution is -0.142. The van der Waals surface area contributed by atoms with Crippen molar-refractivity contribution in [1.82, 2.24) is 19.9 Å². The molecular formula is C25H27F3N5O3P. The summed E-state index contributed by atoms with van der Waals surface area (Å²) in [5.74, 6) is -0.513. The van der Waals surface area contributed by atoms with Crippen LogP contribution in [0, 0.1) is 12.7 Å². The minimum Gasteiger partial charge on any atom is -0.380 e. The molecule has 196 valence electrons. The highest BCUT2D eigenvalue weighted by Crippen LogP contribution is 2.47. The summed E-state index contributed by atoms with van der Waals surface area (Å²) in [6.45, 7) is 3.86. The van der Waals surface area contributed by atoms with Gasteiger partial charge in [-0.1, -0.05) is 18.2 Å². The summed E-state index contributed by atoms with van der Waals surface area (Å²) in [5, 5.41) is 13.8. The second kappa shape index (κ2) is 9.36. The third-order valence-electron chi connectivity index (χ3n) is 7.08. The minimum absolute atomic E-state index is 0.0682. The first-order valence-electron chi connectivity index (χ1n) is 12.1. The van der Waals surface area contributed by atoms with Crippen LogP contribution in [0.15, 0.2) is 30.5 Å². The van der Waals surface area contributed by atoms with Gasteiger partial charge in [-0.25, -0.2) is 23.1 Å². The molecule has 0 unspecified atom stereocenters. The van der Waals surface area contributed by atoms with E-state index in [1.165, 1.54) is 18.3 Å². The molecule has 5 rings (SSSR count). The second-order valence-electron chi connectivity index (χ2n) is 9.76. The van der Waals surface area contributed by atoms with Crippen LogP contribution in [0.5, 0.6) is 0 Å². The van der Waals surface area contributed by atoms with Crippen LogP contribution in [-0.2, 0) is 9.36 Å². The van der Waals surface area contributed by atoms with E-state index < -0.39 is 36.6 Å². The van der Waals surface area contributed by atoms with Crippen LogP contribution >= 0.6 is 7.14 Å². The second-order valence-corrected chi connectivity index (χ2v) is 12.9. The van der Waals surface area contributed by atoms with Crippen molar-refractivity contribution < 1.29 is 27.6 Å². The Labute approximate surface area is 211 Å². The molecule has 2 aliphatic rings. The van der Waals surface area contributed by atoms with Gasteiger partial charge in [-0.3, -0.25) is 9.78 Å². The van der Waals surface area contributed by atoms with Crippen molar-refractivity contribution in [3.05, 3.63) is 53.2 Å². The Morgan fingerprint density at radius 1 is 1.19 bits per heavy atom. The number of rotatable bonds is 6. The Balaban J connectivity index is 1.43. The minimum atomic E-state index is -2.94. The molecule has 1 aromatic carbocycles. The number of amides is 1. The third kappa shape index (κ3) is 4.82. The zero-order valence-corrected chi connectivity index (χ0v) is 21.3. The van der Waals surface area contributed by atoms with Crippen molar-refractivity contribution in [3.63, 3.8) is 0 Å². The fourth-order valence-corrected chi connectivity index (χ4v) is 7.11. The number of carbonyl (C=O) groups excluding carboxylic acids is 1. The number of hydrogen-bond acceptors (Lipinski definition) is 7. The van der Waals surface area contributed by atoms with Gasteiger partial charge < -0.3 is 19.9 Å². The lowest BCUT2D eigenvalue weighted by atomic mass is 10.0. The van der Waals surface area contributed by atoms with E-state index in [0.29, 0.717) is 40.8 Å². The summed E-state index contributed by atoms with van der Waals surface area (Å²) in [5.41, 5.74) is -0.990. The number of nitrogens with zero attached hydrogens (tertiary/aromatic N) is 4. The number of anilines is 1. The van der Waals surface area contributed by atoms with Crippen molar-refractivity contribution in [2.24, 2.45) is 0 Å². The molecule has 2 N–H and O–H groups in total. The van der Waals surface area contributed by atoms with Gasteiger partial charge in [-0.2, -0.15) is 0 Å². The fraction of sp³-hybridized carbons (Fsp3) is 0.440. The van der Waals surface area contributed by atoms with Gasteiger partial charge in [0.15, 0.2) is 0 Å². The normalized spacial score (nSPS) is 19.2. The first-order chi connectivity index (χ1) is 17.5. The number of aliphatic hydroxyl groups is 1. The van der Waals surface area contributed by atoms with Crippen molar-refractivity contribution >= 4 is 35.2 Å². The van der Waals surface area contributed by atoms with Crippen LogP contribution < -0.4 is 10.8 Å². The summed E-state index contributed by atoms with van der Waals surface area (Å²) >= 11 is 0. The molecule has 1 amide bonds. The maximum absolute atomic E-state index is 14.7. The Morgan fingerprint density at radius 3 is 2.51 bits per heavy atom. The Hall–Kier alpha value is -3.04. The van der Waals surface area contributed by atoms with Gasteiger partial charge >= 0.3 is 0 Å². The highest BCUT2D eigenvalue weighted by atomic mass is 31.2. The summed E-state index contributed by atoms with van der Waals surface area (Å²) in [6, 6.07) is 4.83. The van der Waals surface area contributed by atoms with Gasteiger partial charge in [-0.15, -0.1) is 0 Å². The number of aryl methyl sites for hydroxylation is 1. The quantitative estimate of drug-likeness (QED) is 0.462. The number of alkyl halides is 2. The highest BCUT2D eigenvalue weighted by molar-refractivity contribution is 7.71. The Bertz CT molecular complexity index is 1420. The number of aromatic nitrogens is 3. The number of nitrogens with one attached hydrogen (secondary N) is 1. The van der Waals surface area contributed by atoms with Gasteiger partial charge in [0.25, 0.3) is 12.3 Å². The first-order valence-corrected chi connectivity index (χ1v) is 14.2. The largest absolute Gasteiger partial charge is 0.380 e. The van der Waals surface area contributed by atoms with Gasteiger partial charge in [0, 0.05) is 36.4 Å². The first kappa shape index (κ1) is 25.6. The molecule has 0 radical (unpaired) electrons. The summed E-state index contributed by atoms with van der Waals surface area (Å²) < 4.78 is 55.0. The van der Waals surface area contributed by atoms with Crippen molar-refractivity contribution in [3.8, 4) is 0 Å². The molecule has 8 nitrogen and oxygen atoms in total. The summed E-state index contributed by atoms with van der Waals surface area (Å²) in [6.07, 6.45) is -0.0340. The van der Waals surface area contributed by atoms with E-state index in [-0.39, 0.29) is 36.9 Å². The van der Waals surface area contributed by atoms with Gasteiger partial charge in [-0.05, 0) is 32.8 Å². The number of pyridine rings is 1. The maximum atomic E-state index is 14.7. The molecule has 2 aromatic heterocycles. The van der Waals surface area contributed by atoms with Crippen LogP contribution in [-0.4, -0.2) is 61.9 Å². The van der Waals surface area contributed by atoms with Gasteiger partial charge in [0.1, 0.15) is 35.6 Å². The number of carbonyl (C=O) groups is 1. The van der Waals surface area contributed by atoms with E-state index >= 15 is 0 Å². The topological polar surface area (TPSA) is 108 Å². The SMILES string of the molecule is Cc1nc(N[C@H](C)c2cccc(C(F)F)c2F)c2cc(P3(=O)CCN(C(=O)C4(O)CC4)CC3)ncc2n1. The average Bonchev–Trinajstić information content (AvgIpc) is 3.62. The molecule has 0 spiro atoms. The van der Waals surface area contributed by atoms with E-state index in [0.717, 1.165) is 6.07 Å². The standard InChI is InChI=1S/C25H27F3N5O3P/c1-14(16-4-3-5-17(21(16)26)22(27)28)30-23-18-12-20(29-13-19(18)31-15(2)32-23)37(36)10-8-33(9-11-37)24(34)25(35)6-7-25/h3-5,12-14,22,35H,6-11H2,1-2H3,(H,30,31,32)/t14-/m1/s1. The molecule has 37 heavy (non-hydrogen) atoms. The zero-order chi connectivity index (χ0) is 26.5. The van der Waals surface area contributed by atoms with E-state index in [1.54, 1.807) is 24.8 Å². The van der Waals surface area contributed by atoms with Gasteiger partial charge in [0.05, 0.1) is 23.3 Å². The number of benzene rings is 1. The molecule has 1 aliphatic heterocycles. The molecule has 1 saturated heterocycles. The lowest BCUT2D eigenvalue weighted by Crippen LogP contribution is -2.46. The molecule has 1 saturated carbocycles. The predicted molar refractivity (Wildman–Crippen MR) is 133 cm³/mol. The van der Waals surface area contributed by atoms with E-state index in [1.807, 2.05) is 0 Å². The number of hydrogen-bond donors (Lipinski definition) is 2. The van der Waals surface area contributed by atoms with Crippen LogP contribution in [0.1, 0.15) is 49.2 Å². The van der Waals surface area contributed by atoms with E-state index in [2.05, 4.69) is 20.3 Å². The maximum Gasteiger partial charge on any atom is 0.266 e. The van der Waals surface area contributed by atoms with Crippen molar-refractivity contribution in [2.45, 2.75) is 44.8 Å². The molecule has 2 fully saturated rings. The number of halogens is 3. The zero-order valence-electron chi connectivity index (χ0n) is 20.4. The van der Waals surface area contributed by atoms with E-state index in [9.17, 15) is 27.6 Å². The average molecular weight is 533 g/mol. The van der Waals surface area contributed by atoms with Crippen LogP contribution in [0.25, 0.3) is 10.9 Å². The van der Waals surface area contributed by atoms with Gasteiger partial charge in [0.2, 0.25) is 0 Å². The smallest absolute Gasteiger partial charge is 0.266 e. The number of fused-ring (bicyclic) bond motifs is 1. The molecule has 12 heteroatoms. The molecule has 0 bridgehead atoms. The lowest BCUT2D eigenvalue weighted by Gasteiger charge is -2.33. The monoisotopic (exact) mass is 533 g/mol. The fourth-order valence-electron chi connectivity index (χ4n) is 4.67. The van der Waals surface area contributed by atoms with Crippen LogP contribution in [0.2, 0.25) is 0 Å². The molecule has 3 heterocycles. The van der Waals surface area contributed by atoms with Crippen molar-refractivity contribution in [2.75, 3.05) is 30.7 Å². The molecule has 1 atom stereocenters. The third-order valence-corrected chi connectivity index (χ3v) is 10.0. The highest BCUT2D eigenvalue weighted by Gasteiger charge is 2.51. The van der Waals surface area contributed by atoms with Crippen molar-refractivity contribution in [1.29, 1.82) is 0 Å². The van der Waals surface area contributed by atoms with Crippen LogP contribution in [0.3, 0.4) is 0 Å².